The van der Waals surface area contributed by atoms with Crippen LogP contribution >= 0.6 is 23.2 Å². The third-order valence-electron chi connectivity index (χ3n) is 4.08. The first-order valence-corrected chi connectivity index (χ1v) is 7.32. The Hall–Kier alpha value is -1.25. The number of allylic oxidation sites excluding steroid dienone is 2. The van der Waals surface area contributed by atoms with Crippen LogP contribution in [0.2, 0.25) is 0 Å². The summed E-state index contributed by atoms with van der Waals surface area (Å²) >= 11 is 12.2. The molecule has 4 heteroatoms. The maximum absolute atomic E-state index is 12.0. The maximum atomic E-state index is 12.0. The van der Waals surface area contributed by atoms with Crippen molar-refractivity contribution >= 4 is 34.3 Å². The molecule has 1 aliphatic carbocycles. The van der Waals surface area contributed by atoms with Gasteiger partial charge in [-0.3, -0.25) is 9.69 Å². The number of carbonyl (C=O) groups excluding carboxylic acids is 1. The highest BCUT2D eigenvalue weighted by atomic mass is 35.5. The average molecular weight is 308 g/mol. The first-order chi connectivity index (χ1) is 9.42. The first kappa shape index (κ1) is 13.7. The van der Waals surface area contributed by atoms with E-state index in [9.17, 15) is 4.79 Å². The highest BCUT2D eigenvalue weighted by Crippen LogP contribution is 2.46. The molecule has 1 aromatic rings. The van der Waals surface area contributed by atoms with Crippen LogP contribution in [-0.4, -0.2) is 11.4 Å². The van der Waals surface area contributed by atoms with E-state index in [0.29, 0.717) is 5.03 Å². The van der Waals surface area contributed by atoms with Gasteiger partial charge in [-0.05, 0) is 41.3 Å². The molecule has 0 spiro atoms. The lowest BCUT2D eigenvalue weighted by Gasteiger charge is -2.46. The minimum atomic E-state index is -0.465. The van der Waals surface area contributed by atoms with Crippen LogP contribution in [0.15, 0.2) is 47.0 Å². The van der Waals surface area contributed by atoms with E-state index >= 15 is 0 Å². The number of halogens is 2. The van der Waals surface area contributed by atoms with Gasteiger partial charge in [-0.2, -0.15) is 0 Å². The first-order valence-electron chi connectivity index (χ1n) is 6.56. The molecule has 2 aliphatic rings. The lowest BCUT2D eigenvalue weighted by molar-refractivity contribution is 0.257. The number of para-hydroxylation sites is 1. The molecular weight excluding hydrogens is 293 g/mol. The number of carbonyl (C=O) groups is 1. The van der Waals surface area contributed by atoms with Gasteiger partial charge >= 0.3 is 5.37 Å². The normalized spacial score (nSPS) is 23.4. The summed E-state index contributed by atoms with van der Waals surface area (Å²) in [5, 5.41) is 0.249. The zero-order valence-electron chi connectivity index (χ0n) is 11.4. The molecule has 1 atom stereocenters. The lowest BCUT2D eigenvalue weighted by Crippen LogP contribution is -2.51. The maximum Gasteiger partial charge on any atom is 0.321 e. The minimum Gasteiger partial charge on any atom is -0.291 e. The Bertz CT molecular complexity index is 646. The molecule has 0 fully saturated rings. The quantitative estimate of drug-likeness (QED) is 0.495. The van der Waals surface area contributed by atoms with Gasteiger partial charge in [-0.25, -0.2) is 0 Å². The van der Waals surface area contributed by atoms with Gasteiger partial charge in [0.2, 0.25) is 0 Å². The standard InChI is InChI=1S/C16H15Cl2NO/c1-16(2)8-7-12(17)11-9-10-5-3-4-6-13(10)19(14(11)16)15(18)20/h3-8,14H,9H2,1-2H3. The van der Waals surface area contributed by atoms with E-state index < -0.39 is 5.37 Å². The molecule has 0 saturated heterocycles. The second kappa shape index (κ2) is 4.64. The van der Waals surface area contributed by atoms with E-state index in [2.05, 4.69) is 13.8 Å². The molecule has 104 valence electrons. The number of anilines is 1. The molecule has 0 bridgehead atoms. The van der Waals surface area contributed by atoms with E-state index in [1.54, 1.807) is 4.90 Å². The summed E-state index contributed by atoms with van der Waals surface area (Å²) in [5.41, 5.74) is 2.82. The van der Waals surface area contributed by atoms with Crippen molar-refractivity contribution in [3.63, 3.8) is 0 Å². The van der Waals surface area contributed by atoms with Gasteiger partial charge in [0.1, 0.15) is 0 Å². The Morgan fingerprint density at radius 1 is 1.35 bits per heavy atom. The van der Waals surface area contributed by atoms with Crippen molar-refractivity contribution in [3.05, 3.63) is 52.6 Å². The smallest absolute Gasteiger partial charge is 0.291 e. The van der Waals surface area contributed by atoms with Gasteiger partial charge in [-0.15, -0.1) is 0 Å². The second-order valence-corrected chi connectivity index (χ2v) is 6.59. The van der Waals surface area contributed by atoms with Gasteiger partial charge in [-0.1, -0.05) is 49.7 Å². The molecule has 2 nitrogen and oxygen atoms in total. The molecule has 0 aromatic heterocycles. The topological polar surface area (TPSA) is 20.3 Å². The van der Waals surface area contributed by atoms with Crippen LogP contribution in [0.25, 0.3) is 0 Å². The van der Waals surface area contributed by atoms with Crippen molar-refractivity contribution in [1.82, 2.24) is 0 Å². The summed E-state index contributed by atoms with van der Waals surface area (Å²) in [6, 6.07) is 7.72. The summed E-state index contributed by atoms with van der Waals surface area (Å²) in [7, 11) is 0. The molecule has 1 amide bonds. The minimum absolute atomic E-state index is 0.125. The monoisotopic (exact) mass is 307 g/mol. The van der Waals surface area contributed by atoms with Crippen LogP contribution in [0.1, 0.15) is 19.4 Å². The molecule has 1 aliphatic heterocycles. The van der Waals surface area contributed by atoms with Crippen molar-refractivity contribution in [2.24, 2.45) is 5.41 Å². The number of rotatable bonds is 0. The fraction of sp³-hybridized carbons (Fsp3) is 0.312. The zero-order chi connectivity index (χ0) is 14.5. The van der Waals surface area contributed by atoms with E-state index in [1.165, 1.54) is 0 Å². The van der Waals surface area contributed by atoms with Crippen molar-refractivity contribution in [3.8, 4) is 0 Å². The van der Waals surface area contributed by atoms with Crippen LogP contribution in [0, 0.1) is 5.41 Å². The second-order valence-electron chi connectivity index (χ2n) is 5.86. The molecule has 0 N–H and O–H groups in total. The molecule has 0 saturated carbocycles. The molecule has 0 radical (unpaired) electrons. The molecule has 20 heavy (non-hydrogen) atoms. The lowest BCUT2D eigenvalue weighted by atomic mass is 9.72. The van der Waals surface area contributed by atoms with Crippen LogP contribution in [0.5, 0.6) is 0 Å². The van der Waals surface area contributed by atoms with Crippen molar-refractivity contribution in [1.29, 1.82) is 0 Å². The SMILES string of the molecule is CC1(C)C=CC(Cl)=C2Cc3ccccc3N(C(=O)Cl)C21. The van der Waals surface area contributed by atoms with Gasteiger partial charge in [0.05, 0.1) is 6.04 Å². The Balaban J connectivity index is 2.25. The van der Waals surface area contributed by atoms with Gasteiger partial charge < -0.3 is 0 Å². The van der Waals surface area contributed by atoms with Gasteiger partial charge in [0.15, 0.2) is 0 Å². The highest BCUT2D eigenvalue weighted by Gasteiger charge is 2.44. The van der Waals surface area contributed by atoms with E-state index in [0.717, 1.165) is 23.2 Å². The average Bonchev–Trinajstić information content (AvgIpc) is 2.41. The van der Waals surface area contributed by atoms with Crippen LogP contribution in [-0.2, 0) is 6.42 Å². The van der Waals surface area contributed by atoms with Crippen LogP contribution in [0.4, 0.5) is 10.5 Å². The fourth-order valence-electron chi connectivity index (χ4n) is 3.17. The number of amides is 1. The number of nitrogens with zero attached hydrogens (tertiary/aromatic N) is 1. The molecule has 3 rings (SSSR count). The third-order valence-corrected chi connectivity index (χ3v) is 4.63. The zero-order valence-corrected chi connectivity index (χ0v) is 12.9. The number of hydrogen-bond acceptors (Lipinski definition) is 1. The summed E-state index contributed by atoms with van der Waals surface area (Å²) < 4.78 is 0. The van der Waals surface area contributed by atoms with E-state index in [-0.39, 0.29) is 11.5 Å². The Labute approximate surface area is 128 Å². The fourth-order valence-corrected chi connectivity index (χ4v) is 3.59. The number of fused-ring (bicyclic) bond motifs is 2. The van der Waals surface area contributed by atoms with Gasteiger partial charge in [0, 0.05) is 16.1 Å². The summed E-state index contributed by atoms with van der Waals surface area (Å²) in [6.07, 6.45) is 4.73. The third kappa shape index (κ3) is 1.99. The Morgan fingerprint density at radius 2 is 2.05 bits per heavy atom. The largest absolute Gasteiger partial charge is 0.321 e. The molecule has 1 heterocycles. The van der Waals surface area contributed by atoms with E-state index in [4.69, 9.17) is 23.2 Å². The summed E-state index contributed by atoms with van der Waals surface area (Å²) in [4.78, 5) is 13.7. The van der Waals surface area contributed by atoms with Crippen molar-refractivity contribution < 1.29 is 4.79 Å². The van der Waals surface area contributed by atoms with Crippen LogP contribution in [0.3, 0.4) is 0 Å². The Kier molecular flexibility index (Phi) is 3.19. The predicted octanol–water partition coefficient (Wildman–Crippen LogP) is 4.87. The summed E-state index contributed by atoms with van der Waals surface area (Å²) in [5.74, 6) is 0. The molecule has 1 aromatic carbocycles. The summed E-state index contributed by atoms with van der Waals surface area (Å²) in [6.45, 7) is 4.19. The van der Waals surface area contributed by atoms with E-state index in [1.807, 2.05) is 36.4 Å². The molecular formula is C16H15Cl2NO. The van der Waals surface area contributed by atoms with Crippen LogP contribution < -0.4 is 4.90 Å². The highest BCUT2D eigenvalue weighted by molar-refractivity contribution is 6.66. The van der Waals surface area contributed by atoms with Gasteiger partial charge in [0.25, 0.3) is 0 Å². The van der Waals surface area contributed by atoms with Crippen molar-refractivity contribution in [2.75, 3.05) is 4.90 Å². The predicted molar refractivity (Wildman–Crippen MR) is 83.5 cm³/mol. The molecule has 1 unspecified atom stereocenters. The number of benzene rings is 1. The Morgan fingerprint density at radius 3 is 2.75 bits per heavy atom. The number of hydrogen-bond donors (Lipinski definition) is 0. The van der Waals surface area contributed by atoms with Crippen molar-refractivity contribution in [2.45, 2.75) is 26.3 Å².